The van der Waals surface area contributed by atoms with Crippen molar-refractivity contribution in [3.05, 3.63) is 59.3 Å². The van der Waals surface area contributed by atoms with Crippen molar-refractivity contribution in [1.82, 2.24) is 35.8 Å². The Balaban J connectivity index is 0.825. The van der Waals surface area contributed by atoms with Gasteiger partial charge in [-0.1, -0.05) is 88.5 Å². The molecule has 2 fully saturated rings. The van der Waals surface area contributed by atoms with Crippen LogP contribution in [0.5, 0.6) is 11.5 Å². The second kappa shape index (κ2) is 32.2. The lowest BCUT2D eigenvalue weighted by Crippen LogP contribution is -2.52. The Morgan fingerprint density at radius 2 is 1.37 bits per heavy atom. The van der Waals surface area contributed by atoms with Gasteiger partial charge in [-0.2, -0.15) is 0 Å². The van der Waals surface area contributed by atoms with Gasteiger partial charge in [0.2, 0.25) is 17.7 Å². The summed E-state index contributed by atoms with van der Waals surface area (Å²) < 4.78 is 54.3. The Hall–Kier alpha value is -5.31. The zero-order valence-electron chi connectivity index (χ0n) is 47.2. The fourth-order valence-electron chi connectivity index (χ4n) is 11.4. The number of nitrogens with one attached hydrogen (secondary N) is 3. The van der Waals surface area contributed by atoms with E-state index in [9.17, 15) is 37.5 Å². The summed E-state index contributed by atoms with van der Waals surface area (Å²) in [6, 6.07) is 11.0. The number of carbonyl (C=O) groups is 4. The minimum absolute atomic E-state index is 0.0283. The van der Waals surface area contributed by atoms with Crippen molar-refractivity contribution in [1.29, 1.82) is 0 Å². The summed E-state index contributed by atoms with van der Waals surface area (Å²) in [6.07, 6.45) is 17.1. The number of nitrogens with zero attached hydrogens (tertiary/aromatic N) is 5. The fraction of sp³-hybridized carbons (Fsp3) is 0.695. The molecule has 0 radical (unpaired) electrons. The van der Waals surface area contributed by atoms with Crippen LogP contribution in [0.3, 0.4) is 0 Å². The molecule has 1 aromatic heterocycles. The largest absolute Gasteiger partial charge is 0.573 e. The maximum Gasteiger partial charge on any atom is 0.573 e. The van der Waals surface area contributed by atoms with Crippen molar-refractivity contribution < 1.29 is 51.4 Å². The molecule has 79 heavy (non-hydrogen) atoms. The highest BCUT2D eigenvalue weighted by Gasteiger charge is 2.40. The van der Waals surface area contributed by atoms with Gasteiger partial charge in [0.25, 0.3) is 0 Å². The Bertz CT molecular complexity index is 2330. The molecule has 17 nitrogen and oxygen atoms in total. The van der Waals surface area contributed by atoms with E-state index in [2.05, 4.69) is 54.1 Å². The molecule has 1 aliphatic carbocycles. The third-order valence-corrected chi connectivity index (χ3v) is 16.4. The lowest BCUT2D eigenvalue weighted by atomic mass is 9.81. The van der Waals surface area contributed by atoms with Gasteiger partial charge in [-0.3, -0.25) is 28.8 Å². The molecular formula is C59H92F3N10O7+. The van der Waals surface area contributed by atoms with E-state index >= 15 is 0 Å². The molecule has 1 saturated heterocycles. The van der Waals surface area contributed by atoms with Gasteiger partial charge in [0.05, 0.1) is 58.2 Å². The molecule has 3 atom stereocenters. The molecule has 2 aliphatic heterocycles. The number of benzene rings is 2. The molecule has 440 valence electrons. The van der Waals surface area contributed by atoms with E-state index in [1.807, 2.05) is 17.9 Å². The lowest BCUT2D eigenvalue weighted by molar-refractivity contribution is -0.907. The highest BCUT2D eigenvalue weighted by Crippen LogP contribution is 2.48. The van der Waals surface area contributed by atoms with Gasteiger partial charge in [-0.15, -0.1) is 18.3 Å². The number of aryl methyl sites for hydroxylation is 2. The number of hydrogen-bond acceptors (Lipinski definition) is 11. The van der Waals surface area contributed by atoms with E-state index in [0.717, 1.165) is 100 Å². The number of halogens is 3. The van der Waals surface area contributed by atoms with Crippen LogP contribution in [0.4, 0.5) is 13.2 Å². The average molecular weight is 1110 g/mol. The highest BCUT2D eigenvalue weighted by atomic mass is 19.4. The molecule has 8 N–H and O–H groups in total. The van der Waals surface area contributed by atoms with Gasteiger partial charge < -0.3 is 46.5 Å². The van der Waals surface area contributed by atoms with E-state index < -0.39 is 18.2 Å². The second-order valence-electron chi connectivity index (χ2n) is 22.8. The highest BCUT2D eigenvalue weighted by molar-refractivity contribution is 5.77. The van der Waals surface area contributed by atoms with Gasteiger partial charge >= 0.3 is 12.3 Å². The van der Waals surface area contributed by atoms with E-state index in [1.165, 1.54) is 38.2 Å². The molecule has 0 spiro atoms. The number of carbonyl (C=O) groups excluding carboxylic acids is 3. The maximum atomic E-state index is 13.6. The van der Waals surface area contributed by atoms with Gasteiger partial charge in [0.15, 0.2) is 0 Å². The number of piperidine rings is 1. The number of ether oxygens (including phenoxy) is 2. The van der Waals surface area contributed by atoms with Crippen molar-refractivity contribution in [3.8, 4) is 22.8 Å². The number of quaternary nitrogens is 1. The number of hydrogen-bond donors (Lipinski definition) is 6. The quantitative estimate of drug-likeness (QED) is 0.0237. The lowest BCUT2D eigenvalue weighted by Gasteiger charge is -2.38. The number of nitrogens with two attached hydrogens (primary N) is 2. The Labute approximate surface area is 466 Å². The van der Waals surface area contributed by atoms with Gasteiger partial charge in [-0.25, -0.2) is 0 Å². The second-order valence-corrected chi connectivity index (χ2v) is 22.8. The van der Waals surface area contributed by atoms with Crippen LogP contribution in [0.15, 0.2) is 42.6 Å². The van der Waals surface area contributed by atoms with Crippen LogP contribution in [0, 0.1) is 17.8 Å². The first kappa shape index (κ1) is 62.9. The number of carboxylic acids is 1. The summed E-state index contributed by atoms with van der Waals surface area (Å²) in [5.74, 6) is -0.0459. The zero-order chi connectivity index (χ0) is 56.6. The van der Waals surface area contributed by atoms with Crippen LogP contribution in [0.1, 0.15) is 158 Å². The van der Waals surface area contributed by atoms with E-state index in [1.54, 1.807) is 19.1 Å². The van der Waals surface area contributed by atoms with E-state index in [-0.39, 0.29) is 35.5 Å². The van der Waals surface area contributed by atoms with Gasteiger partial charge in [0.1, 0.15) is 23.3 Å². The van der Waals surface area contributed by atoms with Crippen molar-refractivity contribution in [2.45, 2.75) is 173 Å². The molecule has 20 heteroatoms. The molecule has 3 aromatic rings. The third-order valence-electron chi connectivity index (χ3n) is 16.4. The number of aliphatic carboxylic acids is 1. The molecule has 0 bridgehead atoms. The Kier molecular flexibility index (Phi) is 25.6. The maximum absolute atomic E-state index is 13.6. The Morgan fingerprint density at radius 1 is 0.772 bits per heavy atom. The monoisotopic (exact) mass is 1110 g/mol. The van der Waals surface area contributed by atoms with E-state index in [4.69, 9.17) is 16.2 Å². The van der Waals surface area contributed by atoms with Crippen molar-refractivity contribution in [2.75, 3.05) is 72.5 Å². The first-order valence-electron chi connectivity index (χ1n) is 29.6. The van der Waals surface area contributed by atoms with Crippen LogP contribution >= 0.6 is 0 Å². The summed E-state index contributed by atoms with van der Waals surface area (Å²) in [5, 5.41) is 27.2. The molecule has 1 saturated carbocycles. The van der Waals surface area contributed by atoms with Crippen LogP contribution in [-0.4, -0.2) is 138 Å². The van der Waals surface area contributed by atoms with Crippen molar-refractivity contribution in [3.63, 3.8) is 0 Å². The minimum Gasteiger partial charge on any atom is -0.490 e. The number of unbranched alkanes of at least 4 members (excludes halogenated alkanes) is 11. The molecule has 3 aliphatic rings. The molecule has 3 heterocycles. The van der Waals surface area contributed by atoms with Crippen molar-refractivity contribution >= 4 is 23.7 Å². The standard InChI is InChI=1S/C59H91F3N10O7/c1-43(58(76)77)57(46-17-18-46)48-19-16-44-20-22-51(78-53(44)40-48)45-24-34-70(35-25-45)41-49-39-47(21-23-52(49)79-59(60,61)62)50-42-71(69-68-50)33-14-12-10-8-6-4-3-5-7-9-11-13-15-54(73)67-32-38-72(2,36-26-55(74)65-30-28-63)37-27-56(75)66-31-29-64/h16,19,21,23,39-40,42-43,45-46,51,57H,3-15,17-18,20,22,24-38,41,63-64H2,1-2H3,(H3-,65,66,67,73,74,75,76,77)/p+1/t43-,51+,57-/m0/s1. The molecule has 6 rings (SSSR count). The number of likely N-dealkylation sites (tertiary alicyclic amines) is 1. The molecule has 0 unspecified atom stereocenters. The van der Waals surface area contributed by atoms with Crippen LogP contribution in [0.25, 0.3) is 11.3 Å². The number of amides is 3. The number of rotatable bonds is 37. The average Bonchev–Trinajstić information content (AvgIpc) is 4.17. The Morgan fingerprint density at radius 3 is 1.96 bits per heavy atom. The summed E-state index contributed by atoms with van der Waals surface area (Å²) in [5.41, 5.74) is 14.9. The van der Waals surface area contributed by atoms with Gasteiger partial charge in [0, 0.05) is 56.8 Å². The van der Waals surface area contributed by atoms with Gasteiger partial charge in [-0.05, 0) is 118 Å². The fourth-order valence-corrected chi connectivity index (χ4v) is 11.4. The van der Waals surface area contributed by atoms with Crippen LogP contribution in [0.2, 0.25) is 0 Å². The first-order valence-corrected chi connectivity index (χ1v) is 29.6. The SMILES string of the molecule is C[C@H](C(=O)O)[C@H](c1ccc2c(c1)O[C@@H](C1CCN(Cc3cc(-c4cn(CCCCCCCCCCCCCCC(=O)NCC[N+](C)(CCC(=O)NCCN)CCC(=O)NCCN)nn4)ccc3OC(F)(F)F)CC1)CC2)C1CC1. The van der Waals surface area contributed by atoms with Crippen LogP contribution in [-0.2, 0) is 38.7 Å². The third kappa shape index (κ3) is 21.9. The number of aromatic nitrogens is 3. The number of likely N-dealkylation sites (N-methyl/N-ethyl adjacent to an activating group) is 1. The number of carboxylic acid groups (broad SMARTS) is 1. The summed E-state index contributed by atoms with van der Waals surface area (Å²) in [7, 11) is 2.01. The normalized spacial score (nSPS) is 16.9. The molecule has 3 amide bonds. The first-order chi connectivity index (χ1) is 38.0. The summed E-state index contributed by atoms with van der Waals surface area (Å²) in [6.45, 7) is 8.02. The predicted molar refractivity (Wildman–Crippen MR) is 299 cm³/mol. The summed E-state index contributed by atoms with van der Waals surface area (Å²) >= 11 is 0. The molecular weight excluding hydrogens is 1020 g/mol. The summed E-state index contributed by atoms with van der Waals surface area (Å²) in [4.78, 5) is 51.2. The minimum atomic E-state index is -4.83. The van der Waals surface area contributed by atoms with E-state index in [0.29, 0.717) is 131 Å². The topological polar surface area (TPSA) is 229 Å². The molecule has 2 aromatic carbocycles. The van der Waals surface area contributed by atoms with Crippen molar-refractivity contribution in [2.24, 2.45) is 29.2 Å². The van der Waals surface area contributed by atoms with Crippen LogP contribution < -0.4 is 36.9 Å². The zero-order valence-corrected chi connectivity index (χ0v) is 47.2. The number of fused-ring (bicyclic) bond motifs is 1. The predicted octanol–water partition coefficient (Wildman–Crippen LogP) is 8.23. The smallest absolute Gasteiger partial charge is 0.490 e. The number of alkyl halides is 3.